The first-order chi connectivity index (χ1) is 18.8. The average Bonchev–Trinajstić information content (AvgIpc) is 3.54. The van der Waals surface area contributed by atoms with Gasteiger partial charge in [0.25, 0.3) is 0 Å². The van der Waals surface area contributed by atoms with Gasteiger partial charge in [-0.05, 0) is 82.8 Å². The highest BCUT2D eigenvalue weighted by Crippen LogP contribution is 2.46. The number of hydrogen-bond donors (Lipinski definition) is 3. The first kappa shape index (κ1) is 27.9. The van der Waals surface area contributed by atoms with Crippen LogP contribution in [0.5, 0.6) is 23.0 Å². The summed E-state index contributed by atoms with van der Waals surface area (Å²) in [5.41, 5.74) is 5.57. The zero-order valence-corrected chi connectivity index (χ0v) is 22.4. The number of furan rings is 1. The van der Waals surface area contributed by atoms with E-state index in [0.717, 1.165) is 33.4 Å². The van der Waals surface area contributed by atoms with Crippen molar-refractivity contribution in [2.75, 3.05) is 27.9 Å². The molecule has 10 heteroatoms. The first-order valence-corrected chi connectivity index (χ1v) is 12.5. The fourth-order valence-electron chi connectivity index (χ4n) is 4.50. The fourth-order valence-corrected chi connectivity index (χ4v) is 4.50. The van der Waals surface area contributed by atoms with Crippen LogP contribution in [0.3, 0.4) is 0 Å². The van der Waals surface area contributed by atoms with Gasteiger partial charge >= 0.3 is 7.12 Å². The molecule has 9 nitrogen and oxygen atoms in total. The molecule has 0 atom stereocenters. The second-order valence-electron chi connectivity index (χ2n) is 8.98. The lowest BCUT2D eigenvalue weighted by molar-refractivity contribution is -0.120. The zero-order chi connectivity index (χ0) is 27.9. The monoisotopic (exact) mass is 533 g/mol. The van der Waals surface area contributed by atoms with Crippen LogP contribution in [0.15, 0.2) is 58.7 Å². The van der Waals surface area contributed by atoms with E-state index in [4.69, 9.17) is 33.4 Å². The van der Waals surface area contributed by atoms with E-state index >= 15 is 0 Å². The molecule has 39 heavy (non-hydrogen) atoms. The van der Waals surface area contributed by atoms with Crippen LogP contribution in [0.1, 0.15) is 35.8 Å². The largest absolute Gasteiger partial charge is 0.497 e. The van der Waals surface area contributed by atoms with Crippen molar-refractivity contribution in [1.82, 2.24) is 5.32 Å². The number of amides is 1. The number of hydrogen-bond acceptors (Lipinski definition) is 8. The molecule has 1 aromatic heterocycles. The van der Waals surface area contributed by atoms with Gasteiger partial charge in [-0.1, -0.05) is 6.07 Å². The van der Waals surface area contributed by atoms with Crippen molar-refractivity contribution in [3.05, 3.63) is 76.8 Å². The lowest BCUT2D eigenvalue weighted by atomic mass is 9.87. The molecule has 0 bridgehead atoms. The lowest BCUT2D eigenvalue weighted by Gasteiger charge is -2.16. The molecule has 0 aliphatic heterocycles. The van der Waals surface area contributed by atoms with E-state index in [2.05, 4.69) is 5.32 Å². The summed E-state index contributed by atoms with van der Waals surface area (Å²) in [7, 11) is 3.20. The standard InChI is InChI=1S/C29H32BNO8/c1-18-23(12-19-13-26(36-3)29(27(14-19)37-4)39-11-9-30(33)34)22-8-7-20(35-2)15-25(22)24(18)16-28(32)31-17-21-6-5-10-38-21/h5-8,10,12-15,33-34H,9,11,16-17H2,1-4H3,(H,31,32)/b23-12-. The minimum absolute atomic E-state index is 0.0419. The van der Waals surface area contributed by atoms with Crippen molar-refractivity contribution in [2.24, 2.45) is 0 Å². The topological polar surface area (TPSA) is 120 Å². The number of carbonyl (C=O) groups excluding carboxylic acids is 1. The maximum absolute atomic E-state index is 12.9. The molecule has 0 fully saturated rings. The van der Waals surface area contributed by atoms with Gasteiger partial charge in [0.05, 0.1) is 47.2 Å². The molecule has 1 amide bonds. The van der Waals surface area contributed by atoms with Crippen molar-refractivity contribution >= 4 is 30.2 Å². The van der Waals surface area contributed by atoms with Gasteiger partial charge in [0, 0.05) is 6.32 Å². The molecule has 3 aromatic rings. The van der Waals surface area contributed by atoms with Crippen molar-refractivity contribution in [2.45, 2.75) is 26.2 Å². The minimum Gasteiger partial charge on any atom is -0.497 e. The third-order valence-corrected chi connectivity index (χ3v) is 6.49. The summed E-state index contributed by atoms with van der Waals surface area (Å²) in [6, 6.07) is 13.1. The predicted octanol–water partition coefficient (Wildman–Crippen LogP) is 4.19. The molecular formula is C29H32BNO8. The summed E-state index contributed by atoms with van der Waals surface area (Å²) >= 11 is 0. The maximum atomic E-state index is 12.9. The molecule has 0 spiro atoms. The molecule has 204 valence electrons. The highest BCUT2D eigenvalue weighted by atomic mass is 16.5. The summed E-state index contributed by atoms with van der Waals surface area (Å²) in [4.78, 5) is 12.9. The normalized spacial score (nSPS) is 13.3. The Kier molecular flexibility index (Phi) is 9.01. The van der Waals surface area contributed by atoms with Crippen LogP contribution >= 0.6 is 0 Å². The summed E-state index contributed by atoms with van der Waals surface area (Å²) in [5.74, 6) is 2.54. The lowest BCUT2D eigenvalue weighted by Crippen LogP contribution is -2.22. The predicted molar refractivity (Wildman–Crippen MR) is 149 cm³/mol. The summed E-state index contributed by atoms with van der Waals surface area (Å²) < 4.78 is 27.6. The van der Waals surface area contributed by atoms with Crippen LogP contribution in [0.25, 0.3) is 17.2 Å². The summed E-state index contributed by atoms with van der Waals surface area (Å²) in [5, 5.41) is 21.2. The Labute approximate surface area is 227 Å². The SMILES string of the molecule is COc1ccc2c(c1)C(CC(=O)NCc1ccco1)=C(C)/C2=C/c1cc(OC)c(OCCB(O)O)c(OC)c1. The Morgan fingerprint density at radius 2 is 1.77 bits per heavy atom. The van der Waals surface area contributed by atoms with E-state index < -0.39 is 7.12 Å². The molecule has 3 N–H and O–H groups in total. The Morgan fingerprint density at radius 3 is 2.38 bits per heavy atom. The summed E-state index contributed by atoms with van der Waals surface area (Å²) in [6.45, 7) is 2.39. The highest BCUT2D eigenvalue weighted by Gasteiger charge is 2.26. The number of rotatable bonds is 12. The first-order valence-electron chi connectivity index (χ1n) is 12.5. The second kappa shape index (κ2) is 12.6. The Balaban J connectivity index is 1.68. The number of carbonyl (C=O) groups is 1. The average molecular weight is 533 g/mol. The van der Waals surface area contributed by atoms with Crippen molar-refractivity contribution in [3.8, 4) is 23.0 Å². The Bertz CT molecular complexity index is 1350. The molecule has 0 saturated carbocycles. The Morgan fingerprint density at radius 1 is 1.03 bits per heavy atom. The van der Waals surface area contributed by atoms with E-state index in [0.29, 0.717) is 35.3 Å². The fraction of sp³-hybridized carbons (Fsp3) is 0.276. The van der Waals surface area contributed by atoms with Gasteiger partial charge in [-0.3, -0.25) is 4.79 Å². The molecule has 0 unspecified atom stereocenters. The number of ether oxygens (including phenoxy) is 4. The van der Waals surface area contributed by atoms with Gasteiger partial charge in [-0.2, -0.15) is 0 Å². The van der Waals surface area contributed by atoms with E-state index in [9.17, 15) is 4.79 Å². The minimum atomic E-state index is -1.47. The molecule has 1 aliphatic rings. The van der Waals surface area contributed by atoms with Gasteiger partial charge in [0.2, 0.25) is 11.7 Å². The molecule has 2 aromatic carbocycles. The van der Waals surface area contributed by atoms with Crippen LogP contribution in [0.4, 0.5) is 0 Å². The van der Waals surface area contributed by atoms with Crippen LogP contribution in [0, 0.1) is 0 Å². The van der Waals surface area contributed by atoms with Crippen LogP contribution in [-0.4, -0.2) is 51.0 Å². The molecule has 0 radical (unpaired) electrons. The number of benzene rings is 2. The molecular weight excluding hydrogens is 501 g/mol. The molecule has 1 aliphatic carbocycles. The van der Waals surface area contributed by atoms with Gasteiger partial charge in [0.15, 0.2) is 11.5 Å². The number of methoxy groups -OCH3 is 3. The number of allylic oxidation sites excluding steroid dienone is 2. The van der Waals surface area contributed by atoms with Crippen LogP contribution < -0.4 is 24.3 Å². The van der Waals surface area contributed by atoms with Gasteiger partial charge in [-0.25, -0.2) is 0 Å². The van der Waals surface area contributed by atoms with Gasteiger partial charge < -0.3 is 38.7 Å². The van der Waals surface area contributed by atoms with E-state index in [-0.39, 0.29) is 25.3 Å². The molecule has 1 heterocycles. The second-order valence-corrected chi connectivity index (χ2v) is 8.98. The number of fused-ring (bicyclic) bond motifs is 1. The zero-order valence-electron chi connectivity index (χ0n) is 22.4. The van der Waals surface area contributed by atoms with Crippen molar-refractivity contribution < 1.29 is 38.2 Å². The number of nitrogens with one attached hydrogen (secondary N) is 1. The Hall–Kier alpha value is -4.15. The van der Waals surface area contributed by atoms with Crippen LogP contribution in [0.2, 0.25) is 6.32 Å². The van der Waals surface area contributed by atoms with E-state index in [1.54, 1.807) is 19.4 Å². The van der Waals surface area contributed by atoms with Crippen molar-refractivity contribution in [3.63, 3.8) is 0 Å². The summed E-state index contributed by atoms with van der Waals surface area (Å²) in [6.07, 6.45) is 3.83. The van der Waals surface area contributed by atoms with Gasteiger partial charge in [0.1, 0.15) is 11.5 Å². The smallest absolute Gasteiger partial charge is 0.454 e. The quantitative estimate of drug-likeness (QED) is 0.297. The third-order valence-electron chi connectivity index (χ3n) is 6.49. The van der Waals surface area contributed by atoms with Crippen molar-refractivity contribution in [1.29, 1.82) is 0 Å². The van der Waals surface area contributed by atoms with Gasteiger partial charge in [-0.15, -0.1) is 0 Å². The highest BCUT2D eigenvalue weighted by molar-refractivity contribution is 6.41. The maximum Gasteiger partial charge on any atom is 0.454 e. The van der Waals surface area contributed by atoms with Crippen LogP contribution in [-0.2, 0) is 11.3 Å². The third kappa shape index (κ3) is 6.47. The molecule has 0 saturated heterocycles. The van der Waals surface area contributed by atoms with E-state index in [1.165, 1.54) is 14.2 Å². The molecule has 4 rings (SSSR count). The van der Waals surface area contributed by atoms with E-state index in [1.807, 2.05) is 49.4 Å².